The molecule has 1 aromatic carbocycles. The smallest absolute Gasteiger partial charge is 0.0419 e. The first-order chi connectivity index (χ1) is 8.72. The number of rotatable bonds is 8. The van der Waals surface area contributed by atoms with Crippen LogP contribution in [0, 0.1) is 12.6 Å². The maximum Gasteiger partial charge on any atom is 0.0419 e. The summed E-state index contributed by atoms with van der Waals surface area (Å²) in [5.41, 5.74) is 2.84. The molecule has 0 spiro atoms. The summed E-state index contributed by atoms with van der Waals surface area (Å²) in [6.45, 7) is 12.5. The van der Waals surface area contributed by atoms with E-state index in [1.165, 1.54) is 18.5 Å². The van der Waals surface area contributed by atoms with Crippen molar-refractivity contribution in [3.05, 3.63) is 36.4 Å². The maximum atomic E-state index is 5.89. The Labute approximate surface area is 112 Å². The Kier molecular flexibility index (Phi) is 6.34. The zero-order valence-electron chi connectivity index (χ0n) is 11.8. The summed E-state index contributed by atoms with van der Waals surface area (Å²) >= 11 is 0. The van der Waals surface area contributed by atoms with Crippen molar-refractivity contribution in [3.8, 4) is 0 Å². The molecule has 0 heterocycles. The van der Waals surface area contributed by atoms with Gasteiger partial charge in [-0.1, -0.05) is 26.3 Å². The number of benzene rings is 1. The zero-order chi connectivity index (χ0) is 13.4. The van der Waals surface area contributed by atoms with Gasteiger partial charge in [-0.15, -0.1) is 0 Å². The van der Waals surface area contributed by atoms with Crippen LogP contribution >= 0.6 is 0 Å². The van der Waals surface area contributed by atoms with E-state index < -0.39 is 0 Å². The lowest BCUT2D eigenvalue weighted by Gasteiger charge is -2.24. The van der Waals surface area contributed by atoms with Gasteiger partial charge in [-0.2, -0.15) is 0 Å². The van der Waals surface area contributed by atoms with Crippen LogP contribution in [0.4, 0.5) is 5.69 Å². The van der Waals surface area contributed by atoms with Crippen molar-refractivity contribution in [1.29, 1.82) is 0 Å². The summed E-state index contributed by atoms with van der Waals surface area (Å²) in [7, 11) is 1.83. The summed E-state index contributed by atoms with van der Waals surface area (Å²) in [5, 5.41) is 2.97. The first-order valence-corrected chi connectivity index (χ1v) is 6.80. The lowest BCUT2D eigenvalue weighted by atomic mass is 10.1. The number of anilines is 1. The first kappa shape index (κ1) is 14.6. The number of hydrogen-bond acceptors (Lipinski definition) is 2. The Morgan fingerprint density at radius 1 is 1.33 bits per heavy atom. The average molecular weight is 244 g/mol. The van der Waals surface area contributed by atoms with Crippen LogP contribution in [0.25, 0.3) is 5.70 Å². The van der Waals surface area contributed by atoms with E-state index in [-0.39, 0.29) is 0 Å². The Bertz CT molecular complexity index is 371. The SMILES string of the molecule is [CH]=C(NC)c1[c]ccc(N(CCC)CCCC)c1. The van der Waals surface area contributed by atoms with Crippen molar-refractivity contribution in [3.63, 3.8) is 0 Å². The third kappa shape index (κ3) is 4.10. The minimum atomic E-state index is 0.670. The second-order valence-corrected chi connectivity index (χ2v) is 4.46. The Balaban J connectivity index is 2.86. The number of hydrogen-bond donors (Lipinski definition) is 1. The molecule has 2 radical (unpaired) electrons. The van der Waals surface area contributed by atoms with E-state index >= 15 is 0 Å². The second kappa shape index (κ2) is 7.80. The minimum Gasteiger partial charge on any atom is -0.388 e. The van der Waals surface area contributed by atoms with E-state index in [9.17, 15) is 0 Å². The highest BCUT2D eigenvalue weighted by Gasteiger charge is 2.06. The van der Waals surface area contributed by atoms with E-state index in [1.54, 1.807) is 0 Å². The van der Waals surface area contributed by atoms with Crippen LogP contribution in [0.5, 0.6) is 0 Å². The monoisotopic (exact) mass is 244 g/mol. The summed E-state index contributed by atoms with van der Waals surface area (Å²) in [6, 6.07) is 9.33. The van der Waals surface area contributed by atoms with Crippen LogP contribution in [-0.2, 0) is 0 Å². The normalized spacial score (nSPS) is 10.2. The summed E-state index contributed by atoms with van der Waals surface area (Å²) in [5.74, 6) is 0. The van der Waals surface area contributed by atoms with Gasteiger partial charge in [-0.3, -0.25) is 0 Å². The van der Waals surface area contributed by atoms with Crippen molar-refractivity contribution < 1.29 is 0 Å². The van der Waals surface area contributed by atoms with Gasteiger partial charge in [-0.25, -0.2) is 0 Å². The standard InChI is InChI=1S/C16H24N2/c1-5-7-12-18(11-6-2)16-10-8-9-15(13-16)14(3)17-4/h3,8,10,13,17H,5-7,11-12H2,1-2,4H3. The molecule has 1 rings (SSSR count). The highest BCUT2D eigenvalue weighted by atomic mass is 15.1. The van der Waals surface area contributed by atoms with Gasteiger partial charge in [0.05, 0.1) is 0 Å². The number of unbranched alkanes of at least 4 members (excludes halogenated alkanes) is 1. The molecule has 2 nitrogen and oxygen atoms in total. The Hall–Kier alpha value is -1.44. The van der Waals surface area contributed by atoms with Crippen molar-refractivity contribution in [1.82, 2.24) is 5.32 Å². The van der Waals surface area contributed by atoms with Crippen molar-refractivity contribution >= 4 is 11.4 Å². The fraction of sp³-hybridized carbons (Fsp3) is 0.500. The average Bonchev–Trinajstić information content (AvgIpc) is 2.42. The molecule has 0 aliphatic heterocycles. The maximum absolute atomic E-state index is 5.89. The lowest BCUT2D eigenvalue weighted by molar-refractivity contribution is 0.704. The molecule has 0 aromatic heterocycles. The summed E-state index contributed by atoms with van der Waals surface area (Å²) < 4.78 is 0. The number of nitrogens with one attached hydrogen (secondary N) is 1. The van der Waals surface area contributed by atoms with Crippen LogP contribution in [0.15, 0.2) is 18.2 Å². The third-order valence-corrected chi connectivity index (χ3v) is 2.98. The fourth-order valence-electron chi connectivity index (χ4n) is 1.93. The van der Waals surface area contributed by atoms with E-state index in [4.69, 9.17) is 6.58 Å². The quantitative estimate of drug-likeness (QED) is 0.753. The molecule has 0 saturated carbocycles. The molecule has 98 valence electrons. The minimum absolute atomic E-state index is 0.670. The Morgan fingerprint density at radius 2 is 2.11 bits per heavy atom. The van der Waals surface area contributed by atoms with Crippen LogP contribution in [-0.4, -0.2) is 20.1 Å². The van der Waals surface area contributed by atoms with Crippen LogP contribution in [0.3, 0.4) is 0 Å². The molecule has 1 N–H and O–H groups in total. The van der Waals surface area contributed by atoms with E-state index in [0.29, 0.717) is 5.70 Å². The predicted octanol–water partition coefficient (Wildman–Crippen LogP) is 3.50. The molecule has 0 unspecified atom stereocenters. The molecule has 0 aliphatic rings. The Morgan fingerprint density at radius 3 is 2.72 bits per heavy atom. The molecule has 0 amide bonds. The highest BCUT2D eigenvalue weighted by molar-refractivity contribution is 5.64. The summed E-state index contributed by atoms with van der Waals surface area (Å²) in [4.78, 5) is 2.42. The van der Waals surface area contributed by atoms with Crippen LogP contribution in [0.2, 0.25) is 0 Å². The second-order valence-electron chi connectivity index (χ2n) is 4.46. The molecule has 0 saturated heterocycles. The lowest BCUT2D eigenvalue weighted by Crippen LogP contribution is -2.25. The molecule has 0 fully saturated rings. The van der Waals surface area contributed by atoms with Gasteiger partial charge < -0.3 is 10.2 Å². The van der Waals surface area contributed by atoms with Gasteiger partial charge in [0.15, 0.2) is 0 Å². The molecule has 1 aromatic rings. The van der Waals surface area contributed by atoms with E-state index in [0.717, 1.165) is 25.1 Å². The number of nitrogens with zero attached hydrogens (tertiary/aromatic N) is 1. The van der Waals surface area contributed by atoms with Crippen molar-refractivity contribution in [2.45, 2.75) is 33.1 Å². The molecule has 0 aliphatic carbocycles. The van der Waals surface area contributed by atoms with Crippen LogP contribution in [0.1, 0.15) is 38.7 Å². The molecular formula is C16H24N2. The predicted molar refractivity (Wildman–Crippen MR) is 79.5 cm³/mol. The van der Waals surface area contributed by atoms with Gasteiger partial charge >= 0.3 is 0 Å². The van der Waals surface area contributed by atoms with E-state index in [1.807, 2.05) is 13.1 Å². The largest absolute Gasteiger partial charge is 0.388 e. The summed E-state index contributed by atoms with van der Waals surface area (Å²) in [6.07, 6.45) is 3.60. The topological polar surface area (TPSA) is 15.3 Å². The van der Waals surface area contributed by atoms with Crippen LogP contribution < -0.4 is 10.2 Å². The molecule has 0 atom stereocenters. The third-order valence-electron chi connectivity index (χ3n) is 2.98. The van der Waals surface area contributed by atoms with E-state index in [2.05, 4.69) is 42.3 Å². The van der Waals surface area contributed by atoms with Gasteiger partial charge in [-0.05, 0) is 37.6 Å². The molecule has 18 heavy (non-hydrogen) atoms. The van der Waals surface area contributed by atoms with Gasteiger partial charge in [0, 0.05) is 37.1 Å². The van der Waals surface area contributed by atoms with Crippen molar-refractivity contribution in [2.75, 3.05) is 25.0 Å². The molecular weight excluding hydrogens is 220 g/mol. The molecule has 2 heteroatoms. The molecule has 0 bridgehead atoms. The van der Waals surface area contributed by atoms with Gasteiger partial charge in [0.1, 0.15) is 0 Å². The van der Waals surface area contributed by atoms with Crippen molar-refractivity contribution in [2.24, 2.45) is 0 Å². The zero-order valence-corrected chi connectivity index (χ0v) is 11.8. The highest BCUT2D eigenvalue weighted by Crippen LogP contribution is 2.19. The fourth-order valence-corrected chi connectivity index (χ4v) is 1.93. The van der Waals surface area contributed by atoms with Gasteiger partial charge in [0.2, 0.25) is 0 Å². The first-order valence-electron chi connectivity index (χ1n) is 6.80. The van der Waals surface area contributed by atoms with Gasteiger partial charge in [0.25, 0.3) is 0 Å².